The Morgan fingerprint density at radius 3 is 2.44 bits per heavy atom. The molecule has 0 aromatic carbocycles. The SMILES string of the molecule is CC(=O)[C@@]1(C#N)CCO1. The molecule has 1 aliphatic rings. The summed E-state index contributed by atoms with van der Waals surface area (Å²) in [6, 6.07) is 1.84. The second-order valence-electron chi connectivity index (χ2n) is 2.09. The van der Waals surface area contributed by atoms with Crippen molar-refractivity contribution in [2.45, 2.75) is 18.9 Å². The van der Waals surface area contributed by atoms with E-state index in [1.54, 1.807) is 0 Å². The minimum Gasteiger partial charge on any atom is -0.353 e. The Kier molecular flexibility index (Phi) is 1.26. The van der Waals surface area contributed by atoms with Crippen molar-refractivity contribution in [1.29, 1.82) is 5.26 Å². The minimum atomic E-state index is -1.07. The number of ketones is 1. The third kappa shape index (κ3) is 0.718. The number of nitrogens with zero attached hydrogens (tertiary/aromatic N) is 1. The van der Waals surface area contributed by atoms with E-state index in [0.29, 0.717) is 13.0 Å². The molecule has 0 aromatic rings. The summed E-state index contributed by atoms with van der Waals surface area (Å²) < 4.78 is 4.82. The number of hydrogen-bond acceptors (Lipinski definition) is 3. The largest absolute Gasteiger partial charge is 0.353 e. The zero-order chi connectivity index (χ0) is 6.91. The lowest BCUT2D eigenvalue weighted by atomic mass is 9.93. The molecule has 1 rings (SSSR count). The van der Waals surface area contributed by atoms with E-state index in [0.717, 1.165) is 0 Å². The molecule has 1 fully saturated rings. The highest BCUT2D eigenvalue weighted by atomic mass is 16.5. The number of carbonyl (C=O) groups is 1. The van der Waals surface area contributed by atoms with Gasteiger partial charge < -0.3 is 4.74 Å². The van der Waals surface area contributed by atoms with E-state index in [4.69, 9.17) is 10.00 Å². The van der Waals surface area contributed by atoms with Crippen molar-refractivity contribution in [1.82, 2.24) is 0 Å². The van der Waals surface area contributed by atoms with E-state index in [1.807, 2.05) is 6.07 Å². The molecule has 9 heavy (non-hydrogen) atoms. The van der Waals surface area contributed by atoms with E-state index in [-0.39, 0.29) is 5.78 Å². The average molecular weight is 125 g/mol. The molecule has 3 nitrogen and oxygen atoms in total. The molecule has 0 N–H and O–H groups in total. The molecule has 0 saturated carbocycles. The molecule has 1 saturated heterocycles. The molecule has 0 aliphatic carbocycles. The number of hydrogen-bond donors (Lipinski definition) is 0. The number of carbonyl (C=O) groups excluding carboxylic acids is 1. The molecule has 0 bridgehead atoms. The smallest absolute Gasteiger partial charge is 0.214 e. The molecule has 0 aromatic heterocycles. The van der Waals surface area contributed by atoms with Gasteiger partial charge in [0.1, 0.15) is 6.07 Å². The number of Topliss-reactive ketones (excluding diaryl/α,β-unsaturated/α-hetero) is 1. The fraction of sp³-hybridized carbons (Fsp3) is 0.667. The van der Waals surface area contributed by atoms with Crippen molar-refractivity contribution in [3.63, 3.8) is 0 Å². The summed E-state index contributed by atoms with van der Waals surface area (Å²) in [6.07, 6.45) is 0.554. The van der Waals surface area contributed by atoms with Crippen LogP contribution in [0.3, 0.4) is 0 Å². The summed E-state index contributed by atoms with van der Waals surface area (Å²) >= 11 is 0. The highest BCUT2D eigenvalue weighted by Crippen LogP contribution is 2.25. The van der Waals surface area contributed by atoms with Crippen LogP contribution in [0, 0.1) is 11.3 Å². The predicted octanol–water partition coefficient (Wildman–Crippen LogP) is 0.258. The third-order valence-electron chi connectivity index (χ3n) is 1.55. The molecule has 3 heteroatoms. The molecule has 0 unspecified atom stereocenters. The predicted molar refractivity (Wildman–Crippen MR) is 29.6 cm³/mol. The maximum atomic E-state index is 10.6. The van der Waals surface area contributed by atoms with Crippen LogP contribution in [0.2, 0.25) is 0 Å². The van der Waals surface area contributed by atoms with Gasteiger partial charge in [0.05, 0.1) is 6.61 Å². The van der Waals surface area contributed by atoms with Crippen molar-refractivity contribution >= 4 is 5.78 Å². The van der Waals surface area contributed by atoms with Crippen LogP contribution in [-0.2, 0) is 9.53 Å². The minimum absolute atomic E-state index is 0.184. The third-order valence-corrected chi connectivity index (χ3v) is 1.55. The summed E-state index contributed by atoms with van der Waals surface area (Å²) in [7, 11) is 0. The molecule has 1 atom stereocenters. The Morgan fingerprint density at radius 1 is 1.89 bits per heavy atom. The van der Waals surface area contributed by atoms with Gasteiger partial charge in [0.15, 0.2) is 5.78 Å². The first kappa shape index (κ1) is 6.24. The van der Waals surface area contributed by atoms with Crippen molar-refractivity contribution in [2.75, 3.05) is 6.61 Å². The lowest BCUT2D eigenvalue weighted by Crippen LogP contribution is -2.48. The van der Waals surface area contributed by atoms with E-state index < -0.39 is 5.60 Å². The number of rotatable bonds is 1. The molecular formula is C6H7NO2. The lowest BCUT2D eigenvalue weighted by Gasteiger charge is -2.32. The van der Waals surface area contributed by atoms with Crippen LogP contribution in [0.1, 0.15) is 13.3 Å². The molecule has 0 amide bonds. The standard InChI is InChI=1S/C6H7NO2/c1-5(8)6(4-7)2-3-9-6/h2-3H2,1H3/t6-/m0/s1. The van der Waals surface area contributed by atoms with Gasteiger partial charge in [-0.15, -0.1) is 0 Å². The summed E-state index contributed by atoms with van der Waals surface area (Å²) in [6.45, 7) is 1.91. The van der Waals surface area contributed by atoms with E-state index in [2.05, 4.69) is 0 Å². The van der Waals surface area contributed by atoms with Gasteiger partial charge in [0.2, 0.25) is 5.60 Å². The monoisotopic (exact) mass is 125 g/mol. The molecule has 1 heterocycles. The van der Waals surface area contributed by atoms with Gasteiger partial charge in [-0.05, 0) is 6.92 Å². The molecule has 48 valence electrons. The Hall–Kier alpha value is -0.880. The summed E-state index contributed by atoms with van der Waals surface area (Å²) in [5, 5.41) is 8.41. The first-order valence-corrected chi connectivity index (χ1v) is 2.77. The van der Waals surface area contributed by atoms with Crippen LogP contribution in [0.4, 0.5) is 0 Å². The van der Waals surface area contributed by atoms with Crippen LogP contribution >= 0.6 is 0 Å². The van der Waals surface area contributed by atoms with Crippen LogP contribution in [0.15, 0.2) is 0 Å². The van der Waals surface area contributed by atoms with E-state index in [1.165, 1.54) is 6.92 Å². The maximum Gasteiger partial charge on any atom is 0.214 e. The van der Waals surface area contributed by atoms with Crippen LogP contribution in [0.25, 0.3) is 0 Å². The van der Waals surface area contributed by atoms with Crippen molar-refractivity contribution in [2.24, 2.45) is 0 Å². The maximum absolute atomic E-state index is 10.6. The topological polar surface area (TPSA) is 50.1 Å². The van der Waals surface area contributed by atoms with Gasteiger partial charge in [0.25, 0.3) is 0 Å². The fourth-order valence-electron chi connectivity index (χ4n) is 0.751. The Balaban J connectivity index is 2.71. The highest BCUT2D eigenvalue weighted by Gasteiger charge is 2.43. The summed E-state index contributed by atoms with van der Waals surface area (Å²) in [5.74, 6) is -0.184. The van der Waals surface area contributed by atoms with Gasteiger partial charge in [-0.2, -0.15) is 5.26 Å². The Labute approximate surface area is 53.2 Å². The first-order valence-electron chi connectivity index (χ1n) is 2.77. The van der Waals surface area contributed by atoms with Crippen molar-refractivity contribution in [3.8, 4) is 6.07 Å². The Morgan fingerprint density at radius 2 is 2.44 bits per heavy atom. The van der Waals surface area contributed by atoms with Gasteiger partial charge >= 0.3 is 0 Å². The second kappa shape index (κ2) is 1.82. The zero-order valence-corrected chi connectivity index (χ0v) is 5.18. The van der Waals surface area contributed by atoms with Gasteiger partial charge in [0, 0.05) is 6.42 Å². The fourth-order valence-corrected chi connectivity index (χ4v) is 0.751. The van der Waals surface area contributed by atoms with E-state index >= 15 is 0 Å². The zero-order valence-electron chi connectivity index (χ0n) is 5.18. The van der Waals surface area contributed by atoms with Crippen molar-refractivity contribution < 1.29 is 9.53 Å². The van der Waals surface area contributed by atoms with Crippen molar-refractivity contribution in [3.05, 3.63) is 0 Å². The van der Waals surface area contributed by atoms with Crippen LogP contribution < -0.4 is 0 Å². The van der Waals surface area contributed by atoms with E-state index in [9.17, 15) is 4.79 Å². The first-order chi connectivity index (χ1) is 4.21. The van der Waals surface area contributed by atoms with Gasteiger partial charge in [-0.3, -0.25) is 4.79 Å². The molecular weight excluding hydrogens is 118 g/mol. The average Bonchev–Trinajstić information content (AvgIpc) is 1.62. The highest BCUT2D eigenvalue weighted by molar-refractivity contribution is 5.88. The number of nitriles is 1. The normalized spacial score (nSPS) is 32.4. The molecule has 0 spiro atoms. The van der Waals surface area contributed by atoms with Gasteiger partial charge in [-0.1, -0.05) is 0 Å². The lowest BCUT2D eigenvalue weighted by molar-refractivity contribution is -0.155. The second-order valence-corrected chi connectivity index (χ2v) is 2.09. The Bertz CT molecular complexity index is 176. The molecule has 0 radical (unpaired) electrons. The summed E-state index contributed by atoms with van der Waals surface area (Å²) in [4.78, 5) is 10.6. The summed E-state index contributed by atoms with van der Waals surface area (Å²) in [5.41, 5.74) is -1.07. The van der Waals surface area contributed by atoms with Crippen LogP contribution in [-0.4, -0.2) is 18.0 Å². The van der Waals surface area contributed by atoms with Gasteiger partial charge in [-0.25, -0.2) is 0 Å². The number of ether oxygens (including phenoxy) is 1. The molecule has 1 aliphatic heterocycles. The quantitative estimate of drug-likeness (QED) is 0.505. The van der Waals surface area contributed by atoms with Crippen LogP contribution in [0.5, 0.6) is 0 Å².